The minimum Gasteiger partial charge on any atom is -0.385 e. The average molecular weight is 260 g/mol. The molecule has 0 atom stereocenters. The maximum atomic E-state index is 6.02. The molecule has 1 aromatic heterocycles. The minimum atomic E-state index is 0.418. The first-order valence-electron chi connectivity index (χ1n) is 5.49. The highest BCUT2D eigenvalue weighted by Gasteiger charge is 2.11. The molecule has 17 heavy (non-hydrogen) atoms. The lowest BCUT2D eigenvalue weighted by atomic mass is 10.4. The average Bonchev–Trinajstić information content (AvgIpc) is 2.35. The fraction of sp³-hybridized carbons (Fsp3) is 0.636. The van der Waals surface area contributed by atoms with Gasteiger partial charge in [0.15, 0.2) is 11.0 Å². The number of methoxy groups -OCH3 is 2. The number of anilines is 1. The van der Waals surface area contributed by atoms with Gasteiger partial charge in [-0.1, -0.05) is 11.6 Å². The van der Waals surface area contributed by atoms with Gasteiger partial charge in [-0.05, 0) is 6.42 Å². The molecule has 1 rings (SSSR count). The summed E-state index contributed by atoms with van der Waals surface area (Å²) in [7, 11) is 3.36. The van der Waals surface area contributed by atoms with Crippen LogP contribution in [0.2, 0.25) is 5.15 Å². The molecule has 0 aliphatic rings. The molecule has 0 aromatic carbocycles. The molecule has 0 amide bonds. The predicted molar refractivity (Wildman–Crippen MR) is 67.6 cm³/mol. The Kier molecular flexibility index (Phi) is 6.84. The molecule has 1 heterocycles. The van der Waals surface area contributed by atoms with Gasteiger partial charge in [-0.25, -0.2) is 9.97 Å². The predicted octanol–water partition coefficient (Wildman–Crippen LogP) is 1.62. The summed E-state index contributed by atoms with van der Waals surface area (Å²) in [4.78, 5) is 10.3. The summed E-state index contributed by atoms with van der Waals surface area (Å²) in [5.41, 5.74) is 0. The van der Waals surface area contributed by atoms with E-state index in [9.17, 15) is 0 Å². The fourth-order valence-electron chi connectivity index (χ4n) is 1.45. The van der Waals surface area contributed by atoms with Crippen molar-refractivity contribution in [1.82, 2.24) is 9.97 Å². The quantitative estimate of drug-likeness (QED) is 0.664. The third kappa shape index (κ3) is 4.85. The lowest BCUT2D eigenvalue weighted by molar-refractivity contribution is 0.191. The van der Waals surface area contributed by atoms with Gasteiger partial charge in [-0.3, -0.25) is 0 Å². The Morgan fingerprint density at radius 3 is 2.47 bits per heavy atom. The minimum absolute atomic E-state index is 0.418. The van der Waals surface area contributed by atoms with Gasteiger partial charge in [0, 0.05) is 46.3 Å². The Balaban J connectivity index is 2.64. The van der Waals surface area contributed by atoms with Crippen molar-refractivity contribution in [1.29, 1.82) is 0 Å². The number of aromatic nitrogens is 2. The number of ether oxygens (including phenoxy) is 2. The highest BCUT2D eigenvalue weighted by atomic mass is 35.5. The Hall–Kier alpha value is -0.910. The van der Waals surface area contributed by atoms with E-state index in [1.54, 1.807) is 26.6 Å². The van der Waals surface area contributed by atoms with E-state index in [4.69, 9.17) is 21.1 Å². The van der Waals surface area contributed by atoms with Gasteiger partial charge >= 0.3 is 0 Å². The molecular formula is C11H18ClN3O2. The van der Waals surface area contributed by atoms with Crippen LogP contribution in [0.3, 0.4) is 0 Å². The molecule has 0 radical (unpaired) electrons. The molecule has 1 aromatic rings. The summed E-state index contributed by atoms with van der Waals surface area (Å²) in [6.45, 7) is 2.88. The largest absolute Gasteiger partial charge is 0.385 e. The van der Waals surface area contributed by atoms with Crippen molar-refractivity contribution in [2.75, 3.05) is 45.4 Å². The molecular weight excluding hydrogens is 242 g/mol. The van der Waals surface area contributed by atoms with E-state index in [1.807, 2.05) is 0 Å². The zero-order chi connectivity index (χ0) is 12.5. The summed E-state index contributed by atoms with van der Waals surface area (Å²) < 4.78 is 10.1. The van der Waals surface area contributed by atoms with Gasteiger partial charge < -0.3 is 14.4 Å². The lowest BCUT2D eigenvalue weighted by Gasteiger charge is -2.23. The Morgan fingerprint density at radius 2 is 1.82 bits per heavy atom. The van der Waals surface area contributed by atoms with Crippen molar-refractivity contribution in [3.63, 3.8) is 0 Å². The van der Waals surface area contributed by atoms with Crippen LogP contribution in [0.25, 0.3) is 0 Å². The first kappa shape index (κ1) is 14.2. The SMILES string of the molecule is COCCCN(CCOC)c1nccnc1Cl. The van der Waals surface area contributed by atoms with Gasteiger partial charge in [-0.2, -0.15) is 0 Å². The first-order chi connectivity index (χ1) is 8.29. The molecule has 0 bridgehead atoms. The second-order valence-electron chi connectivity index (χ2n) is 3.50. The van der Waals surface area contributed by atoms with Crippen molar-refractivity contribution in [3.8, 4) is 0 Å². The first-order valence-corrected chi connectivity index (χ1v) is 5.86. The van der Waals surface area contributed by atoms with Crippen LogP contribution in [0.15, 0.2) is 12.4 Å². The summed E-state index contributed by atoms with van der Waals surface area (Å²) in [6, 6.07) is 0. The molecule has 0 saturated heterocycles. The molecule has 96 valence electrons. The third-order valence-corrected chi connectivity index (χ3v) is 2.54. The van der Waals surface area contributed by atoms with E-state index in [-0.39, 0.29) is 0 Å². The topological polar surface area (TPSA) is 47.5 Å². The zero-order valence-electron chi connectivity index (χ0n) is 10.2. The summed E-state index contributed by atoms with van der Waals surface area (Å²) in [5, 5.41) is 0.418. The van der Waals surface area contributed by atoms with Crippen molar-refractivity contribution in [2.24, 2.45) is 0 Å². The number of hydrogen-bond donors (Lipinski definition) is 0. The van der Waals surface area contributed by atoms with Crippen LogP contribution >= 0.6 is 11.6 Å². The van der Waals surface area contributed by atoms with E-state index < -0.39 is 0 Å². The highest BCUT2D eigenvalue weighted by Crippen LogP contribution is 2.19. The van der Waals surface area contributed by atoms with Crippen LogP contribution in [0, 0.1) is 0 Å². The number of hydrogen-bond acceptors (Lipinski definition) is 5. The van der Waals surface area contributed by atoms with Crippen LogP contribution in [0.5, 0.6) is 0 Å². The van der Waals surface area contributed by atoms with Crippen LogP contribution in [0.1, 0.15) is 6.42 Å². The molecule has 0 aliphatic carbocycles. The Morgan fingerprint density at radius 1 is 1.12 bits per heavy atom. The number of rotatable bonds is 8. The molecule has 6 heteroatoms. The van der Waals surface area contributed by atoms with E-state index in [0.29, 0.717) is 24.2 Å². The molecule has 5 nitrogen and oxygen atoms in total. The van der Waals surface area contributed by atoms with Gasteiger partial charge in [0.05, 0.1) is 6.61 Å². The van der Waals surface area contributed by atoms with E-state index in [0.717, 1.165) is 19.5 Å². The van der Waals surface area contributed by atoms with Crippen molar-refractivity contribution in [3.05, 3.63) is 17.5 Å². The van der Waals surface area contributed by atoms with E-state index >= 15 is 0 Å². The summed E-state index contributed by atoms with van der Waals surface area (Å²) in [6.07, 6.45) is 4.12. The van der Waals surface area contributed by atoms with E-state index in [2.05, 4.69) is 14.9 Å². The van der Waals surface area contributed by atoms with Crippen LogP contribution in [-0.2, 0) is 9.47 Å². The molecule has 0 aliphatic heterocycles. The highest BCUT2D eigenvalue weighted by molar-refractivity contribution is 6.31. The van der Waals surface area contributed by atoms with Gasteiger partial charge in [0.2, 0.25) is 0 Å². The zero-order valence-corrected chi connectivity index (χ0v) is 11.0. The standard InChI is InChI=1S/C11H18ClN3O2/c1-16-8-3-6-15(7-9-17-2)11-10(12)13-4-5-14-11/h4-5H,3,6-9H2,1-2H3. The second-order valence-corrected chi connectivity index (χ2v) is 3.85. The second kappa shape index (κ2) is 8.22. The maximum Gasteiger partial charge on any atom is 0.171 e. The monoisotopic (exact) mass is 259 g/mol. The number of halogens is 1. The van der Waals surface area contributed by atoms with Gasteiger partial charge in [-0.15, -0.1) is 0 Å². The van der Waals surface area contributed by atoms with Crippen molar-refractivity contribution < 1.29 is 9.47 Å². The van der Waals surface area contributed by atoms with Gasteiger partial charge in [0.1, 0.15) is 0 Å². The lowest BCUT2D eigenvalue weighted by Crippen LogP contribution is -2.30. The summed E-state index contributed by atoms with van der Waals surface area (Å²) in [5.74, 6) is 0.697. The smallest absolute Gasteiger partial charge is 0.171 e. The van der Waals surface area contributed by atoms with Crippen LogP contribution in [0.4, 0.5) is 5.82 Å². The van der Waals surface area contributed by atoms with Crippen molar-refractivity contribution >= 4 is 17.4 Å². The number of nitrogens with zero attached hydrogens (tertiary/aromatic N) is 3. The fourth-order valence-corrected chi connectivity index (χ4v) is 1.68. The maximum absolute atomic E-state index is 6.02. The van der Waals surface area contributed by atoms with Gasteiger partial charge in [0.25, 0.3) is 0 Å². The molecule has 0 N–H and O–H groups in total. The molecule has 0 saturated carbocycles. The van der Waals surface area contributed by atoms with Crippen LogP contribution < -0.4 is 4.90 Å². The summed E-state index contributed by atoms with van der Waals surface area (Å²) >= 11 is 6.02. The molecule has 0 unspecified atom stereocenters. The van der Waals surface area contributed by atoms with Crippen LogP contribution in [-0.4, -0.2) is 50.5 Å². The van der Waals surface area contributed by atoms with E-state index in [1.165, 1.54) is 0 Å². The Labute approximate surface area is 107 Å². The Bertz CT molecular complexity index is 325. The van der Waals surface area contributed by atoms with Crippen molar-refractivity contribution in [2.45, 2.75) is 6.42 Å². The normalized spacial score (nSPS) is 10.5. The molecule has 0 fully saturated rings. The molecule has 0 spiro atoms. The third-order valence-electron chi connectivity index (χ3n) is 2.28.